The minimum atomic E-state index is -1.58. The van der Waals surface area contributed by atoms with E-state index < -0.39 is 30.8 Å². The van der Waals surface area contributed by atoms with Crippen LogP contribution in [0.4, 0.5) is 4.79 Å². The third-order valence-electron chi connectivity index (χ3n) is 2.71. The molecule has 137 valence electrons. The van der Waals surface area contributed by atoms with Crippen LogP contribution in [0.5, 0.6) is 0 Å². The van der Waals surface area contributed by atoms with Crippen molar-refractivity contribution in [2.45, 2.75) is 38.8 Å². The fourth-order valence-corrected chi connectivity index (χ4v) is 1.71. The van der Waals surface area contributed by atoms with Gasteiger partial charge < -0.3 is 35.3 Å². The van der Waals surface area contributed by atoms with Crippen molar-refractivity contribution < 1.29 is 39.5 Å². The van der Waals surface area contributed by atoms with Crippen LogP contribution in [-0.2, 0) is 16.0 Å². The highest BCUT2D eigenvalue weighted by molar-refractivity contribution is 6.58. The molecule has 0 spiro atoms. The first-order valence-electron chi connectivity index (χ1n) is 7.27. The van der Waals surface area contributed by atoms with Crippen molar-refractivity contribution in [2.24, 2.45) is 0 Å². The van der Waals surface area contributed by atoms with Gasteiger partial charge in [-0.2, -0.15) is 0 Å². The molecule has 0 bridgehead atoms. The van der Waals surface area contributed by atoms with E-state index in [1.807, 2.05) is 0 Å². The van der Waals surface area contributed by atoms with E-state index >= 15 is 0 Å². The van der Waals surface area contributed by atoms with E-state index in [0.717, 1.165) is 0 Å². The standard InChI is InChI=1S/C14H20BNO6.BH2O2/c1-14(2,3)22-13(19)16-11(12(17)18)8-9-4-6-10(7-5-9)15(20)21;2-1-3/h4-7,11,20-21H,8H2,1-3H3,(H,16,19)(H,17,18);2-3H/t11-;/m0./s1. The summed E-state index contributed by atoms with van der Waals surface area (Å²) >= 11 is 0. The summed E-state index contributed by atoms with van der Waals surface area (Å²) < 4.78 is 5.03. The Bertz CT molecular complexity index is 545. The second kappa shape index (κ2) is 10.7. The van der Waals surface area contributed by atoms with Crippen molar-refractivity contribution in [1.82, 2.24) is 5.32 Å². The van der Waals surface area contributed by atoms with Gasteiger partial charge in [0.25, 0.3) is 0 Å². The van der Waals surface area contributed by atoms with Crippen molar-refractivity contribution in [3.63, 3.8) is 0 Å². The second-order valence-corrected chi connectivity index (χ2v) is 5.97. The molecule has 0 aliphatic rings. The van der Waals surface area contributed by atoms with Gasteiger partial charge in [-0.15, -0.1) is 0 Å². The van der Waals surface area contributed by atoms with Gasteiger partial charge in [-0.3, -0.25) is 0 Å². The number of alkyl carbamates (subject to hydrolysis) is 1. The van der Waals surface area contributed by atoms with Gasteiger partial charge in [0.2, 0.25) is 0 Å². The molecule has 9 nitrogen and oxygen atoms in total. The van der Waals surface area contributed by atoms with E-state index in [-0.39, 0.29) is 14.1 Å². The van der Waals surface area contributed by atoms with Gasteiger partial charge in [-0.1, -0.05) is 24.3 Å². The average molecular weight is 354 g/mol. The summed E-state index contributed by atoms with van der Waals surface area (Å²) in [5.41, 5.74) is 0.218. The number of ether oxygens (including phenoxy) is 1. The van der Waals surface area contributed by atoms with Crippen molar-refractivity contribution >= 4 is 32.3 Å². The molecule has 1 rings (SSSR count). The summed E-state index contributed by atoms with van der Waals surface area (Å²) in [4.78, 5) is 22.9. The molecule has 0 saturated carbocycles. The molecule has 1 aromatic carbocycles. The van der Waals surface area contributed by atoms with Gasteiger partial charge >= 0.3 is 26.9 Å². The molecule has 11 heteroatoms. The van der Waals surface area contributed by atoms with Crippen molar-refractivity contribution in [3.8, 4) is 0 Å². The molecule has 1 amide bonds. The third-order valence-corrected chi connectivity index (χ3v) is 2.71. The van der Waals surface area contributed by atoms with Crippen LogP contribution in [0, 0.1) is 0 Å². The van der Waals surface area contributed by atoms with Crippen LogP contribution in [0.3, 0.4) is 0 Å². The summed E-state index contributed by atoms with van der Waals surface area (Å²) in [6.07, 6.45) is -0.751. The molecule has 0 aliphatic heterocycles. The van der Waals surface area contributed by atoms with Gasteiger partial charge in [0.1, 0.15) is 11.6 Å². The zero-order valence-corrected chi connectivity index (χ0v) is 14.2. The zero-order valence-electron chi connectivity index (χ0n) is 14.2. The lowest BCUT2D eigenvalue weighted by atomic mass is 9.80. The van der Waals surface area contributed by atoms with Crippen LogP contribution in [0.25, 0.3) is 0 Å². The summed E-state index contributed by atoms with van der Waals surface area (Å²) in [5, 5.41) is 43.5. The number of amides is 1. The predicted octanol–water partition coefficient (Wildman–Crippen LogP) is -1.61. The highest BCUT2D eigenvalue weighted by atomic mass is 16.6. The first-order chi connectivity index (χ1) is 11.5. The number of aliphatic carboxylic acids is 1. The molecule has 25 heavy (non-hydrogen) atoms. The second-order valence-electron chi connectivity index (χ2n) is 5.97. The Labute approximate surface area is 146 Å². The summed E-state index contributed by atoms with van der Waals surface area (Å²) in [5.74, 6) is -1.18. The number of nitrogens with one attached hydrogen (secondary N) is 1. The largest absolute Gasteiger partial charge is 0.488 e. The minimum absolute atomic E-state index is 0. The number of hydrogen-bond donors (Lipinski definition) is 6. The maximum absolute atomic E-state index is 11.6. The minimum Gasteiger partial charge on any atom is -0.480 e. The van der Waals surface area contributed by atoms with E-state index in [4.69, 9.17) is 24.8 Å². The molecule has 1 atom stereocenters. The number of carboxylic acid groups (broad SMARTS) is 1. The van der Waals surface area contributed by atoms with Crippen molar-refractivity contribution in [2.75, 3.05) is 0 Å². The molecule has 0 unspecified atom stereocenters. The van der Waals surface area contributed by atoms with E-state index in [9.17, 15) is 14.7 Å². The van der Waals surface area contributed by atoms with Crippen LogP contribution in [0.1, 0.15) is 26.3 Å². The highest BCUT2D eigenvalue weighted by Gasteiger charge is 2.24. The lowest BCUT2D eigenvalue weighted by Gasteiger charge is -2.22. The molecule has 0 heterocycles. The molecule has 1 aromatic rings. The monoisotopic (exact) mass is 354 g/mol. The first-order valence-corrected chi connectivity index (χ1v) is 7.27. The summed E-state index contributed by atoms with van der Waals surface area (Å²) in [7, 11) is -1.58. The fraction of sp³-hybridized carbons (Fsp3) is 0.429. The van der Waals surface area contributed by atoms with Crippen molar-refractivity contribution in [3.05, 3.63) is 29.8 Å². The summed E-state index contributed by atoms with van der Waals surface area (Å²) in [6, 6.07) is 4.96. The van der Waals surface area contributed by atoms with Gasteiger partial charge in [0.15, 0.2) is 0 Å². The van der Waals surface area contributed by atoms with Crippen LogP contribution in [0.2, 0.25) is 0 Å². The zero-order chi connectivity index (χ0) is 19.6. The number of hydrogen-bond acceptors (Lipinski definition) is 7. The molecule has 1 radical (unpaired) electrons. The molecule has 0 fully saturated rings. The Morgan fingerprint density at radius 3 is 2.04 bits per heavy atom. The Hall–Kier alpha value is -2.07. The maximum Gasteiger partial charge on any atom is 0.488 e. The van der Waals surface area contributed by atoms with E-state index in [0.29, 0.717) is 11.0 Å². The molecule has 6 N–H and O–H groups in total. The van der Waals surface area contributed by atoms with E-state index in [1.165, 1.54) is 12.1 Å². The normalized spacial score (nSPS) is 11.5. The van der Waals surface area contributed by atoms with E-state index in [2.05, 4.69) is 5.32 Å². The third kappa shape index (κ3) is 10.4. The highest BCUT2D eigenvalue weighted by Crippen LogP contribution is 2.08. The Kier molecular flexibility index (Phi) is 9.84. The molecular weight excluding hydrogens is 332 g/mol. The Morgan fingerprint density at radius 2 is 1.68 bits per heavy atom. The quantitative estimate of drug-likeness (QED) is 0.345. The molecule has 0 aromatic heterocycles. The lowest BCUT2D eigenvalue weighted by Crippen LogP contribution is -2.44. The average Bonchev–Trinajstić information content (AvgIpc) is 2.45. The molecule has 0 aliphatic carbocycles. The number of carboxylic acids is 1. The van der Waals surface area contributed by atoms with Crippen LogP contribution >= 0.6 is 0 Å². The number of rotatable bonds is 5. The van der Waals surface area contributed by atoms with Crippen LogP contribution in [-0.4, -0.2) is 63.7 Å². The number of carbonyl (C=O) groups excluding carboxylic acids is 1. The van der Waals surface area contributed by atoms with Gasteiger partial charge in [0, 0.05) is 6.42 Å². The van der Waals surface area contributed by atoms with Crippen LogP contribution in [0.15, 0.2) is 24.3 Å². The summed E-state index contributed by atoms with van der Waals surface area (Å²) in [6.45, 7) is 5.05. The smallest absolute Gasteiger partial charge is 0.480 e. The fourth-order valence-electron chi connectivity index (χ4n) is 1.71. The molecular formula is C14H22B2NO8. The number of carbonyl (C=O) groups is 2. The van der Waals surface area contributed by atoms with Crippen LogP contribution < -0.4 is 10.8 Å². The van der Waals surface area contributed by atoms with Crippen molar-refractivity contribution in [1.29, 1.82) is 0 Å². The lowest BCUT2D eigenvalue weighted by molar-refractivity contribution is -0.139. The molecule has 0 saturated heterocycles. The SMILES string of the molecule is CC(C)(C)OC(=O)N[C@@H](Cc1ccc(B(O)O)cc1)C(=O)O.O[B]O. The predicted molar refractivity (Wildman–Crippen MR) is 91.0 cm³/mol. The topological polar surface area (TPSA) is 157 Å². The number of benzene rings is 1. The maximum atomic E-state index is 11.6. The Morgan fingerprint density at radius 1 is 1.20 bits per heavy atom. The van der Waals surface area contributed by atoms with E-state index in [1.54, 1.807) is 32.9 Å². The van der Waals surface area contributed by atoms with Gasteiger partial charge in [0.05, 0.1) is 0 Å². The first kappa shape index (κ1) is 22.9. The van der Waals surface area contributed by atoms with Gasteiger partial charge in [-0.05, 0) is 31.8 Å². The Balaban J connectivity index is 0.00000178. The van der Waals surface area contributed by atoms with Gasteiger partial charge in [-0.25, -0.2) is 9.59 Å².